The monoisotopic (exact) mass is 381 g/mol. The van der Waals surface area contributed by atoms with Gasteiger partial charge in [0.15, 0.2) is 5.78 Å². The van der Waals surface area contributed by atoms with Crippen LogP contribution >= 0.6 is 23.2 Å². The number of halogens is 2. The third-order valence-corrected chi connectivity index (χ3v) is 4.07. The molecule has 0 aliphatic carbocycles. The summed E-state index contributed by atoms with van der Waals surface area (Å²) < 4.78 is 0. The van der Waals surface area contributed by atoms with Crippen molar-refractivity contribution in [3.63, 3.8) is 0 Å². The van der Waals surface area contributed by atoms with E-state index in [4.69, 9.17) is 28.0 Å². The van der Waals surface area contributed by atoms with Crippen LogP contribution in [0.25, 0.3) is 0 Å². The molecular weight excluding hydrogens is 361 g/mol. The van der Waals surface area contributed by atoms with Gasteiger partial charge in [-0.15, -0.1) is 0 Å². The molecule has 6 heteroatoms. The Morgan fingerprint density at radius 1 is 0.920 bits per heavy atom. The SMILES string of the molecule is CC(=O)c1cc(C)ccc1Cl.CON(C)C(=O)c1cc(C)ccc1Cl. The van der Waals surface area contributed by atoms with Gasteiger partial charge in [0.2, 0.25) is 0 Å². The largest absolute Gasteiger partial charge is 0.294 e. The molecule has 0 spiro atoms. The summed E-state index contributed by atoms with van der Waals surface area (Å²) >= 11 is 11.7. The first-order chi connectivity index (χ1) is 11.7. The van der Waals surface area contributed by atoms with E-state index in [-0.39, 0.29) is 11.7 Å². The Kier molecular flexibility index (Phi) is 8.10. The molecule has 0 N–H and O–H groups in total. The summed E-state index contributed by atoms with van der Waals surface area (Å²) in [5.41, 5.74) is 3.10. The highest BCUT2D eigenvalue weighted by Gasteiger charge is 2.14. The lowest BCUT2D eigenvalue weighted by atomic mass is 10.1. The number of hydroxylamine groups is 2. The van der Waals surface area contributed by atoms with Gasteiger partial charge in [-0.3, -0.25) is 14.4 Å². The molecule has 0 aliphatic rings. The molecule has 0 bridgehead atoms. The van der Waals surface area contributed by atoms with Crippen molar-refractivity contribution in [2.24, 2.45) is 0 Å². The second-order valence-electron chi connectivity index (χ2n) is 5.51. The third kappa shape index (κ3) is 6.16. The minimum absolute atomic E-state index is 0.0127. The molecule has 0 saturated heterocycles. The fourth-order valence-electron chi connectivity index (χ4n) is 1.96. The van der Waals surface area contributed by atoms with Crippen LogP contribution < -0.4 is 0 Å². The molecule has 0 unspecified atom stereocenters. The van der Waals surface area contributed by atoms with Gasteiger partial charge in [0, 0.05) is 12.6 Å². The van der Waals surface area contributed by atoms with Crippen LogP contribution in [0.15, 0.2) is 36.4 Å². The molecule has 2 aromatic rings. The van der Waals surface area contributed by atoms with E-state index in [2.05, 4.69) is 0 Å². The van der Waals surface area contributed by atoms with Crippen LogP contribution in [-0.4, -0.2) is 30.9 Å². The first-order valence-corrected chi connectivity index (χ1v) is 8.28. The third-order valence-electron chi connectivity index (χ3n) is 3.41. The Morgan fingerprint density at radius 2 is 1.36 bits per heavy atom. The van der Waals surface area contributed by atoms with E-state index in [0.717, 1.165) is 16.2 Å². The van der Waals surface area contributed by atoms with Crippen molar-refractivity contribution in [1.29, 1.82) is 0 Å². The van der Waals surface area contributed by atoms with Crippen molar-refractivity contribution in [3.05, 3.63) is 68.7 Å². The highest BCUT2D eigenvalue weighted by atomic mass is 35.5. The first kappa shape index (κ1) is 21.2. The van der Waals surface area contributed by atoms with Crippen molar-refractivity contribution in [2.45, 2.75) is 20.8 Å². The van der Waals surface area contributed by atoms with Gasteiger partial charge < -0.3 is 0 Å². The van der Waals surface area contributed by atoms with Gasteiger partial charge in [-0.2, -0.15) is 0 Å². The average Bonchev–Trinajstić information content (AvgIpc) is 2.58. The Hall–Kier alpha value is -1.88. The zero-order valence-electron chi connectivity index (χ0n) is 14.9. The lowest BCUT2D eigenvalue weighted by molar-refractivity contribution is -0.0756. The Labute approximate surface area is 158 Å². The van der Waals surface area contributed by atoms with E-state index in [1.165, 1.54) is 14.0 Å². The molecular formula is C19H21Cl2NO3. The van der Waals surface area contributed by atoms with Crippen LogP contribution in [0.4, 0.5) is 0 Å². The van der Waals surface area contributed by atoms with Crippen LogP contribution in [0.1, 0.15) is 38.8 Å². The van der Waals surface area contributed by atoms with Crippen molar-refractivity contribution < 1.29 is 14.4 Å². The van der Waals surface area contributed by atoms with E-state index in [1.54, 1.807) is 31.3 Å². The van der Waals surface area contributed by atoms with E-state index < -0.39 is 0 Å². The molecule has 2 aromatic carbocycles. The average molecular weight is 382 g/mol. The van der Waals surface area contributed by atoms with Crippen molar-refractivity contribution in [1.82, 2.24) is 5.06 Å². The highest BCUT2D eigenvalue weighted by molar-refractivity contribution is 6.34. The minimum Gasteiger partial charge on any atom is -0.294 e. The molecule has 0 aliphatic heterocycles. The molecule has 4 nitrogen and oxygen atoms in total. The summed E-state index contributed by atoms with van der Waals surface area (Å²) in [4.78, 5) is 27.4. The van der Waals surface area contributed by atoms with Crippen LogP contribution in [0.3, 0.4) is 0 Å². The maximum Gasteiger partial charge on any atom is 0.278 e. The highest BCUT2D eigenvalue weighted by Crippen LogP contribution is 2.19. The van der Waals surface area contributed by atoms with Crippen LogP contribution in [-0.2, 0) is 4.84 Å². The number of hydrogen-bond acceptors (Lipinski definition) is 3. The van der Waals surface area contributed by atoms with Gasteiger partial charge in [-0.1, -0.05) is 46.5 Å². The summed E-state index contributed by atoms with van der Waals surface area (Å²) in [6.07, 6.45) is 0. The maximum atomic E-state index is 11.7. The Bertz CT molecular complexity index is 775. The van der Waals surface area contributed by atoms with E-state index in [9.17, 15) is 9.59 Å². The first-order valence-electron chi connectivity index (χ1n) is 7.52. The van der Waals surface area contributed by atoms with Crippen LogP contribution in [0.5, 0.6) is 0 Å². The molecule has 1 amide bonds. The van der Waals surface area contributed by atoms with Gasteiger partial charge in [0.05, 0.1) is 22.7 Å². The van der Waals surface area contributed by atoms with Gasteiger partial charge in [0.1, 0.15) is 0 Å². The van der Waals surface area contributed by atoms with Crippen LogP contribution in [0, 0.1) is 13.8 Å². The summed E-state index contributed by atoms with van der Waals surface area (Å²) in [5.74, 6) is -0.236. The summed E-state index contributed by atoms with van der Waals surface area (Å²) in [6, 6.07) is 10.7. The lowest BCUT2D eigenvalue weighted by Crippen LogP contribution is -2.25. The Balaban J connectivity index is 0.000000257. The number of carbonyl (C=O) groups excluding carboxylic acids is 2. The molecule has 25 heavy (non-hydrogen) atoms. The summed E-state index contributed by atoms with van der Waals surface area (Å²) in [6.45, 7) is 5.35. The number of aryl methyl sites for hydroxylation is 2. The molecule has 134 valence electrons. The smallest absolute Gasteiger partial charge is 0.278 e. The van der Waals surface area contributed by atoms with Crippen molar-refractivity contribution in [2.75, 3.05) is 14.2 Å². The van der Waals surface area contributed by atoms with E-state index in [1.807, 2.05) is 26.0 Å². The number of ketones is 1. The molecule has 0 aromatic heterocycles. The molecule has 0 atom stereocenters. The summed E-state index contributed by atoms with van der Waals surface area (Å²) in [5, 5.41) is 2.10. The standard InChI is InChI=1S/C10H12ClNO2.C9H9ClO/c1-7-4-5-9(11)8(6-7)10(13)12(2)14-3;1-6-3-4-9(10)8(5-6)7(2)11/h4-6H,1-3H3;3-5H,1-2H3. The van der Waals surface area contributed by atoms with Gasteiger partial charge >= 0.3 is 0 Å². The molecule has 0 saturated carbocycles. The Morgan fingerprint density at radius 3 is 1.76 bits per heavy atom. The molecule has 0 fully saturated rings. The van der Waals surface area contributed by atoms with Crippen LogP contribution in [0.2, 0.25) is 10.0 Å². The molecule has 0 heterocycles. The number of hydrogen-bond donors (Lipinski definition) is 0. The number of Topliss-reactive ketones (excluding diaryl/α,β-unsaturated/α-hetero) is 1. The number of benzene rings is 2. The van der Waals surface area contributed by atoms with E-state index >= 15 is 0 Å². The predicted molar refractivity (Wildman–Crippen MR) is 101 cm³/mol. The normalized spacial score (nSPS) is 9.88. The quantitative estimate of drug-likeness (QED) is 0.546. The zero-order chi connectivity index (χ0) is 19.1. The molecule has 2 rings (SSSR count). The summed E-state index contributed by atoms with van der Waals surface area (Å²) in [7, 11) is 2.97. The number of amides is 1. The van der Waals surface area contributed by atoms with Crippen molar-refractivity contribution in [3.8, 4) is 0 Å². The van der Waals surface area contributed by atoms with Gasteiger partial charge in [-0.25, -0.2) is 5.06 Å². The van der Waals surface area contributed by atoms with Crippen molar-refractivity contribution >= 4 is 34.9 Å². The fraction of sp³-hybridized carbons (Fsp3) is 0.263. The zero-order valence-corrected chi connectivity index (χ0v) is 16.4. The number of carbonyl (C=O) groups is 2. The number of rotatable bonds is 3. The fourth-order valence-corrected chi connectivity index (χ4v) is 2.41. The van der Waals surface area contributed by atoms with E-state index in [0.29, 0.717) is 21.2 Å². The lowest BCUT2D eigenvalue weighted by Gasteiger charge is -2.14. The maximum absolute atomic E-state index is 11.7. The second-order valence-corrected chi connectivity index (χ2v) is 6.32. The topological polar surface area (TPSA) is 46.6 Å². The second kappa shape index (κ2) is 9.56. The minimum atomic E-state index is -0.249. The van der Waals surface area contributed by atoms with Gasteiger partial charge in [-0.05, 0) is 45.0 Å². The number of nitrogens with zero attached hydrogens (tertiary/aromatic N) is 1. The van der Waals surface area contributed by atoms with Gasteiger partial charge in [0.25, 0.3) is 5.91 Å². The molecule has 0 radical (unpaired) electrons. The predicted octanol–water partition coefficient (Wildman–Crippen LogP) is 5.13.